The van der Waals surface area contributed by atoms with Gasteiger partial charge in [-0.2, -0.15) is 0 Å². The van der Waals surface area contributed by atoms with Gasteiger partial charge in [-0.3, -0.25) is 0 Å². The number of piperidine rings is 1. The predicted octanol–water partition coefficient (Wildman–Crippen LogP) is 3.58. The Hall–Kier alpha value is -1.03. The number of hydrogen-bond acceptors (Lipinski definition) is 3. The Bertz CT molecular complexity index is 511. The Balaban J connectivity index is 2.04. The van der Waals surface area contributed by atoms with Crippen LogP contribution in [0.4, 0.5) is 5.82 Å². The Morgan fingerprint density at radius 3 is 3.24 bits per heavy atom. The summed E-state index contributed by atoms with van der Waals surface area (Å²) in [5.74, 6) is 1.07. The van der Waals surface area contributed by atoms with Gasteiger partial charge in [0.15, 0.2) is 0 Å². The maximum atomic E-state index is 5.44. The summed E-state index contributed by atoms with van der Waals surface area (Å²) >= 11 is 3.61. The van der Waals surface area contributed by atoms with Crippen molar-refractivity contribution in [3.8, 4) is 0 Å². The standard InChI is InChI=1S/C13H15BrN2O/c14-9-10-3-1-2-7-16(10)13-11-5-8-17-12(11)4-6-15-13/h4-6,8,10H,1-3,7,9H2. The number of nitrogens with zero attached hydrogens (tertiary/aromatic N) is 2. The van der Waals surface area contributed by atoms with E-state index in [1.54, 1.807) is 6.26 Å². The molecule has 0 saturated carbocycles. The van der Waals surface area contributed by atoms with E-state index in [1.165, 1.54) is 19.3 Å². The monoisotopic (exact) mass is 294 g/mol. The van der Waals surface area contributed by atoms with Gasteiger partial charge < -0.3 is 9.32 Å². The third-order valence-corrected chi connectivity index (χ3v) is 4.18. The lowest BCUT2D eigenvalue weighted by molar-refractivity contribution is 0.489. The van der Waals surface area contributed by atoms with E-state index >= 15 is 0 Å². The molecule has 1 aliphatic rings. The second-order valence-corrected chi connectivity index (χ2v) is 5.11. The molecule has 1 unspecified atom stereocenters. The molecule has 2 aromatic heterocycles. The van der Waals surface area contributed by atoms with Crippen LogP contribution < -0.4 is 4.90 Å². The fourth-order valence-corrected chi connectivity index (χ4v) is 3.22. The molecular formula is C13H15BrN2O. The van der Waals surface area contributed by atoms with Crippen molar-refractivity contribution in [3.05, 3.63) is 24.6 Å². The van der Waals surface area contributed by atoms with Crippen LogP contribution in [0.15, 0.2) is 29.0 Å². The fourth-order valence-electron chi connectivity index (χ4n) is 2.55. The molecule has 0 N–H and O–H groups in total. The van der Waals surface area contributed by atoms with Crippen LogP contribution >= 0.6 is 15.9 Å². The van der Waals surface area contributed by atoms with Gasteiger partial charge in [-0.25, -0.2) is 4.98 Å². The second-order valence-electron chi connectivity index (χ2n) is 4.46. The zero-order chi connectivity index (χ0) is 11.7. The quantitative estimate of drug-likeness (QED) is 0.793. The topological polar surface area (TPSA) is 29.3 Å². The van der Waals surface area contributed by atoms with Crippen molar-refractivity contribution in [1.82, 2.24) is 4.98 Å². The van der Waals surface area contributed by atoms with Gasteiger partial charge in [-0.05, 0) is 31.4 Å². The second kappa shape index (κ2) is 4.69. The van der Waals surface area contributed by atoms with Gasteiger partial charge in [0.2, 0.25) is 0 Å². The molecule has 1 saturated heterocycles. The number of pyridine rings is 1. The maximum absolute atomic E-state index is 5.44. The molecule has 3 nitrogen and oxygen atoms in total. The highest BCUT2D eigenvalue weighted by atomic mass is 79.9. The molecule has 1 atom stereocenters. The summed E-state index contributed by atoms with van der Waals surface area (Å²) in [6, 6.07) is 4.49. The summed E-state index contributed by atoms with van der Waals surface area (Å²) in [5.41, 5.74) is 0.925. The molecule has 0 amide bonds. The first kappa shape index (κ1) is 11.1. The molecule has 0 spiro atoms. The van der Waals surface area contributed by atoms with Crippen molar-refractivity contribution in [3.63, 3.8) is 0 Å². The number of alkyl halides is 1. The van der Waals surface area contributed by atoms with Crippen molar-refractivity contribution < 1.29 is 4.42 Å². The van der Waals surface area contributed by atoms with E-state index < -0.39 is 0 Å². The summed E-state index contributed by atoms with van der Waals surface area (Å²) in [6.45, 7) is 1.09. The third-order valence-electron chi connectivity index (χ3n) is 3.44. The van der Waals surface area contributed by atoms with E-state index in [1.807, 2.05) is 18.3 Å². The largest absolute Gasteiger partial charge is 0.464 e. The minimum Gasteiger partial charge on any atom is -0.464 e. The molecule has 4 heteroatoms. The molecule has 0 aromatic carbocycles. The SMILES string of the molecule is BrCC1CCCCN1c1nccc2occc12. The first-order valence-corrected chi connectivity index (χ1v) is 7.17. The average molecular weight is 295 g/mol. The van der Waals surface area contributed by atoms with Crippen LogP contribution in [0.2, 0.25) is 0 Å². The third kappa shape index (κ3) is 1.95. The number of anilines is 1. The van der Waals surface area contributed by atoms with Crippen LogP contribution in [0.5, 0.6) is 0 Å². The summed E-state index contributed by atoms with van der Waals surface area (Å²) in [5, 5.41) is 2.13. The van der Waals surface area contributed by atoms with Gasteiger partial charge >= 0.3 is 0 Å². The first-order chi connectivity index (χ1) is 8.40. The molecule has 0 radical (unpaired) electrons. The lowest BCUT2D eigenvalue weighted by atomic mass is 10.0. The molecular weight excluding hydrogens is 280 g/mol. The lowest BCUT2D eigenvalue weighted by Crippen LogP contribution is -2.41. The number of halogens is 1. The molecule has 0 bridgehead atoms. The molecule has 1 aliphatic heterocycles. The highest BCUT2D eigenvalue weighted by Gasteiger charge is 2.24. The van der Waals surface area contributed by atoms with Crippen LogP contribution in [0, 0.1) is 0 Å². The van der Waals surface area contributed by atoms with E-state index in [0.717, 1.165) is 28.7 Å². The van der Waals surface area contributed by atoms with Crippen molar-refractivity contribution >= 4 is 32.7 Å². The Kier molecular flexibility index (Phi) is 3.05. The minimum atomic E-state index is 0.553. The van der Waals surface area contributed by atoms with Crippen LogP contribution in [-0.4, -0.2) is 22.9 Å². The minimum absolute atomic E-state index is 0.553. The zero-order valence-electron chi connectivity index (χ0n) is 9.60. The molecule has 0 aliphatic carbocycles. The number of furan rings is 1. The van der Waals surface area contributed by atoms with Crippen molar-refractivity contribution in [2.45, 2.75) is 25.3 Å². The van der Waals surface area contributed by atoms with Crippen molar-refractivity contribution in [1.29, 1.82) is 0 Å². The number of hydrogen-bond donors (Lipinski definition) is 0. The number of rotatable bonds is 2. The number of fused-ring (bicyclic) bond motifs is 1. The lowest BCUT2D eigenvalue weighted by Gasteiger charge is -2.35. The van der Waals surface area contributed by atoms with Gasteiger partial charge in [0, 0.05) is 24.1 Å². The molecule has 3 heterocycles. The van der Waals surface area contributed by atoms with Crippen LogP contribution in [0.1, 0.15) is 19.3 Å². The maximum Gasteiger partial charge on any atom is 0.139 e. The van der Waals surface area contributed by atoms with Gasteiger partial charge in [-0.1, -0.05) is 15.9 Å². The highest BCUT2D eigenvalue weighted by Crippen LogP contribution is 2.30. The Morgan fingerprint density at radius 1 is 1.41 bits per heavy atom. The van der Waals surface area contributed by atoms with E-state index in [9.17, 15) is 0 Å². The fraction of sp³-hybridized carbons (Fsp3) is 0.462. The van der Waals surface area contributed by atoms with Crippen LogP contribution in [0.3, 0.4) is 0 Å². The van der Waals surface area contributed by atoms with E-state index in [-0.39, 0.29) is 0 Å². The smallest absolute Gasteiger partial charge is 0.139 e. The van der Waals surface area contributed by atoms with Crippen molar-refractivity contribution in [2.24, 2.45) is 0 Å². The van der Waals surface area contributed by atoms with Crippen LogP contribution in [0.25, 0.3) is 11.0 Å². The molecule has 17 heavy (non-hydrogen) atoms. The molecule has 2 aromatic rings. The first-order valence-electron chi connectivity index (χ1n) is 6.05. The van der Waals surface area contributed by atoms with E-state index in [2.05, 4.69) is 25.8 Å². The van der Waals surface area contributed by atoms with Gasteiger partial charge in [0.25, 0.3) is 0 Å². The predicted molar refractivity (Wildman–Crippen MR) is 72.8 cm³/mol. The van der Waals surface area contributed by atoms with Crippen LogP contribution in [-0.2, 0) is 0 Å². The van der Waals surface area contributed by atoms with Gasteiger partial charge in [0.05, 0.1) is 11.6 Å². The van der Waals surface area contributed by atoms with Gasteiger partial charge in [0.1, 0.15) is 11.4 Å². The Labute approximate surface area is 109 Å². The average Bonchev–Trinajstić information content (AvgIpc) is 2.86. The summed E-state index contributed by atoms with van der Waals surface area (Å²) in [4.78, 5) is 6.96. The normalized spacial score (nSPS) is 21.0. The van der Waals surface area contributed by atoms with E-state index in [4.69, 9.17) is 4.42 Å². The molecule has 1 fully saturated rings. The summed E-state index contributed by atoms with van der Waals surface area (Å²) in [6.07, 6.45) is 7.37. The summed E-state index contributed by atoms with van der Waals surface area (Å²) < 4.78 is 5.44. The number of aromatic nitrogens is 1. The molecule has 90 valence electrons. The molecule has 3 rings (SSSR count). The highest BCUT2D eigenvalue weighted by molar-refractivity contribution is 9.09. The van der Waals surface area contributed by atoms with Gasteiger partial charge in [-0.15, -0.1) is 0 Å². The Morgan fingerprint density at radius 2 is 2.35 bits per heavy atom. The van der Waals surface area contributed by atoms with Crippen molar-refractivity contribution in [2.75, 3.05) is 16.8 Å². The zero-order valence-corrected chi connectivity index (χ0v) is 11.2. The van der Waals surface area contributed by atoms with E-state index in [0.29, 0.717) is 6.04 Å². The summed E-state index contributed by atoms with van der Waals surface area (Å²) in [7, 11) is 0.